The topological polar surface area (TPSA) is 111 Å². The van der Waals surface area contributed by atoms with Crippen LogP contribution in [0, 0.1) is 11.3 Å². The van der Waals surface area contributed by atoms with Crippen LogP contribution in [0.2, 0.25) is 0 Å². The number of nitrogens with zero attached hydrogens (tertiary/aromatic N) is 6. The van der Waals surface area contributed by atoms with Crippen LogP contribution < -0.4 is 5.32 Å². The highest BCUT2D eigenvalue weighted by atomic mass is 16.6. The quantitative estimate of drug-likeness (QED) is 0.329. The predicted octanol–water partition coefficient (Wildman–Crippen LogP) is 5.66. The molecule has 0 bridgehead atoms. The number of fused-ring (bicyclic) bond motifs is 2. The lowest BCUT2D eigenvalue weighted by Gasteiger charge is -2.22. The Balaban J connectivity index is 1.47. The van der Waals surface area contributed by atoms with Gasteiger partial charge in [0.15, 0.2) is 11.5 Å². The average molecular weight is 518 g/mol. The smallest absolute Gasteiger partial charge is 0.408 e. The number of amides is 1. The van der Waals surface area contributed by atoms with Crippen LogP contribution in [0.1, 0.15) is 49.9 Å². The Bertz CT molecular complexity index is 1740. The highest BCUT2D eigenvalue weighted by Crippen LogP contribution is 2.36. The number of rotatable bonds is 4. The van der Waals surface area contributed by atoms with E-state index in [2.05, 4.69) is 22.6 Å². The van der Waals surface area contributed by atoms with Gasteiger partial charge >= 0.3 is 6.09 Å². The fraction of sp³-hybridized carbons (Fsp3) is 0.233. The molecule has 0 unspecified atom stereocenters. The lowest BCUT2D eigenvalue weighted by molar-refractivity contribution is 0.0503. The summed E-state index contributed by atoms with van der Waals surface area (Å²) in [5.74, 6) is 1.30. The van der Waals surface area contributed by atoms with Crippen molar-refractivity contribution in [1.82, 2.24) is 29.6 Å². The molecular weight excluding hydrogens is 490 g/mol. The van der Waals surface area contributed by atoms with Crippen LogP contribution in [0.25, 0.3) is 34.1 Å². The number of hydrogen-bond acceptors (Lipinski definition) is 6. The molecule has 1 aliphatic carbocycles. The summed E-state index contributed by atoms with van der Waals surface area (Å²) < 4.78 is 9.17. The van der Waals surface area contributed by atoms with Crippen molar-refractivity contribution in [3.05, 3.63) is 89.7 Å². The molecule has 9 nitrogen and oxygen atoms in total. The molecule has 2 aromatic carbocycles. The van der Waals surface area contributed by atoms with E-state index in [1.165, 1.54) is 0 Å². The third kappa shape index (κ3) is 4.61. The van der Waals surface area contributed by atoms with Gasteiger partial charge in [-0.1, -0.05) is 18.2 Å². The van der Waals surface area contributed by atoms with Crippen LogP contribution in [-0.4, -0.2) is 36.0 Å². The second-order valence-corrected chi connectivity index (χ2v) is 10.5. The molecule has 1 N–H and O–H groups in total. The summed E-state index contributed by atoms with van der Waals surface area (Å²) in [4.78, 5) is 22.3. The van der Waals surface area contributed by atoms with E-state index in [1.807, 2.05) is 80.1 Å². The van der Waals surface area contributed by atoms with Crippen molar-refractivity contribution in [3.63, 3.8) is 0 Å². The first kappa shape index (κ1) is 24.4. The van der Waals surface area contributed by atoms with Gasteiger partial charge in [-0.25, -0.2) is 19.4 Å². The minimum absolute atomic E-state index is 0.119. The van der Waals surface area contributed by atoms with Crippen molar-refractivity contribution in [2.75, 3.05) is 0 Å². The highest BCUT2D eigenvalue weighted by Gasteiger charge is 2.27. The predicted molar refractivity (Wildman–Crippen MR) is 147 cm³/mol. The molecule has 6 rings (SSSR count). The van der Waals surface area contributed by atoms with Crippen molar-refractivity contribution < 1.29 is 9.53 Å². The van der Waals surface area contributed by atoms with Crippen molar-refractivity contribution in [1.29, 1.82) is 5.26 Å². The Morgan fingerprint density at radius 2 is 1.95 bits per heavy atom. The first-order valence-corrected chi connectivity index (χ1v) is 12.8. The second-order valence-electron chi connectivity index (χ2n) is 10.5. The van der Waals surface area contributed by atoms with E-state index in [4.69, 9.17) is 14.7 Å². The van der Waals surface area contributed by atoms with Gasteiger partial charge in [0, 0.05) is 23.6 Å². The summed E-state index contributed by atoms with van der Waals surface area (Å²) in [7, 11) is 0. The van der Waals surface area contributed by atoms with Crippen LogP contribution >= 0.6 is 0 Å². The monoisotopic (exact) mass is 517 g/mol. The lowest BCUT2D eigenvalue weighted by Crippen LogP contribution is -2.34. The van der Waals surface area contributed by atoms with Gasteiger partial charge in [0.1, 0.15) is 16.9 Å². The Morgan fingerprint density at radius 1 is 1.10 bits per heavy atom. The van der Waals surface area contributed by atoms with Crippen molar-refractivity contribution in [3.8, 4) is 29.0 Å². The first-order valence-electron chi connectivity index (χ1n) is 12.8. The van der Waals surface area contributed by atoms with E-state index >= 15 is 0 Å². The van der Waals surface area contributed by atoms with Gasteiger partial charge in [0.2, 0.25) is 0 Å². The fourth-order valence-electron chi connectivity index (χ4n) is 5.02. The minimum atomic E-state index is -0.560. The first-order chi connectivity index (χ1) is 18.8. The molecule has 0 fully saturated rings. The normalized spacial score (nSPS) is 14.7. The molecule has 1 atom stereocenters. The summed E-state index contributed by atoms with van der Waals surface area (Å²) in [5.41, 5.74) is 5.15. The number of imidazole rings is 1. The van der Waals surface area contributed by atoms with E-state index in [-0.39, 0.29) is 6.04 Å². The number of benzene rings is 2. The number of carbonyl (C=O) groups is 1. The van der Waals surface area contributed by atoms with Crippen LogP contribution in [0.15, 0.2) is 73.1 Å². The van der Waals surface area contributed by atoms with Gasteiger partial charge in [-0.05, 0) is 87.2 Å². The minimum Gasteiger partial charge on any atom is -0.444 e. The van der Waals surface area contributed by atoms with E-state index in [0.717, 1.165) is 35.2 Å². The summed E-state index contributed by atoms with van der Waals surface area (Å²) in [6, 6.07) is 21.4. The van der Waals surface area contributed by atoms with Crippen LogP contribution in [0.4, 0.5) is 4.79 Å². The summed E-state index contributed by atoms with van der Waals surface area (Å²) in [6.45, 7) is 5.56. The number of aryl methyl sites for hydroxylation is 1. The number of pyridine rings is 1. The number of ether oxygens (including phenoxy) is 1. The molecule has 1 aliphatic rings. The fourth-order valence-corrected chi connectivity index (χ4v) is 5.02. The lowest BCUT2D eigenvalue weighted by atomic mass is 10.1. The van der Waals surface area contributed by atoms with Gasteiger partial charge < -0.3 is 10.1 Å². The zero-order valence-electron chi connectivity index (χ0n) is 21.9. The molecule has 5 aromatic rings. The van der Waals surface area contributed by atoms with Crippen LogP contribution in [0.3, 0.4) is 0 Å². The molecule has 0 radical (unpaired) electrons. The van der Waals surface area contributed by atoms with Crippen molar-refractivity contribution in [2.24, 2.45) is 0 Å². The third-order valence-corrected chi connectivity index (χ3v) is 6.67. The Labute approximate surface area is 225 Å². The number of carbonyl (C=O) groups excluding carboxylic acids is 1. The molecular formula is C30H27N7O2. The number of alkyl carbamates (subject to hydrolysis) is 1. The molecule has 1 amide bonds. The SMILES string of the molecule is CC(C)(C)OC(=O)N[C@H]1CCc2cc(-n3c(-c4ccccc4C#N)nc4ccc(-n5cccn5)nc43)ccc21. The molecule has 0 aliphatic heterocycles. The molecule has 3 aromatic heterocycles. The standard InChI is InChI=1S/C30H27N7O2/c1-30(2,3)39-29(38)34-24-12-9-19-17-21(10-11-22(19)24)37-27(23-8-5-4-7-20(23)18-31)33-25-13-14-26(35-28(25)37)36-16-6-15-32-36/h4-8,10-11,13-17,24H,9,12H2,1-3H3,(H,34,38)/t24-/m0/s1. The third-order valence-electron chi connectivity index (χ3n) is 6.67. The van der Waals surface area contributed by atoms with E-state index < -0.39 is 11.7 Å². The molecule has 194 valence electrons. The second kappa shape index (κ2) is 9.40. The maximum absolute atomic E-state index is 12.4. The number of nitriles is 1. The summed E-state index contributed by atoms with van der Waals surface area (Å²) in [6.07, 6.45) is 4.73. The van der Waals surface area contributed by atoms with Gasteiger partial charge in [0.25, 0.3) is 0 Å². The average Bonchev–Trinajstić information content (AvgIpc) is 3.66. The molecule has 3 heterocycles. The number of nitrogens with one attached hydrogen (secondary N) is 1. The van der Waals surface area contributed by atoms with Gasteiger partial charge in [-0.3, -0.25) is 4.57 Å². The maximum atomic E-state index is 12.4. The molecule has 39 heavy (non-hydrogen) atoms. The van der Waals surface area contributed by atoms with Crippen molar-refractivity contribution >= 4 is 17.3 Å². The van der Waals surface area contributed by atoms with Gasteiger partial charge in [-0.2, -0.15) is 10.4 Å². The summed E-state index contributed by atoms with van der Waals surface area (Å²) in [5, 5.41) is 17.2. The number of hydrogen-bond donors (Lipinski definition) is 1. The maximum Gasteiger partial charge on any atom is 0.408 e. The summed E-state index contributed by atoms with van der Waals surface area (Å²) >= 11 is 0. The van der Waals surface area contributed by atoms with Gasteiger partial charge in [-0.15, -0.1) is 0 Å². The van der Waals surface area contributed by atoms with Gasteiger partial charge in [0.05, 0.1) is 17.7 Å². The Kier molecular flexibility index (Phi) is 5.88. The molecule has 0 saturated heterocycles. The van der Waals surface area contributed by atoms with Crippen LogP contribution in [0.5, 0.6) is 0 Å². The molecule has 9 heteroatoms. The van der Waals surface area contributed by atoms with E-state index in [1.54, 1.807) is 16.9 Å². The molecule has 0 spiro atoms. The van der Waals surface area contributed by atoms with E-state index in [0.29, 0.717) is 28.4 Å². The zero-order chi connectivity index (χ0) is 27.1. The van der Waals surface area contributed by atoms with E-state index in [9.17, 15) is 10.1 Å². The van der Waals surface area contributed by atoms with Crippen LogP contribution in [-0.2, 0) is 11.2 Å². The number of aromatic nitrogens is 5. The Morgan fingerprint density at radius 3 is 2.72 bits per heavy atom. The largest absolute Gasteiger partial charge is 0.444 e. The molecule has 0 saturated carbocycles. The van der Waals surface area contributed by atoms with Crippen molar-refractivity contribution in [2.45, 2.75) is 45.3 Å². The zero-order valence-corrected chi connectivity index (χ0v) is 21.9. The Hall–Kier alpha value is -4.97. The highest BCUT2D eigenvalue weighted by molar-refractivity contribution is 5.82.